The van der Waals surface area contributed by atoms with E-state index in [9.17, 15) is 9.59 Å². The molecule has 2 rings (SSSR count). The van der Waals surface area contributed by atoms with Crippen molar-refractivity contribution < 1.29 is 14.3 Å². The minimum Gasteiger partial charge on any atom is -0.484 e. The van der Waals surface area contributed by atoms with Crippen LogP contribution < -0.4 is 15.4 Å². The van der Waals surface area contributed by atoms with Crippen molar-refractivity contribution in [1.82, 2.24) is 10.2 Å². The highest BCUT2D eigenvalue weighted by Gasteiger charge is 2.15. The third-order valence-corrected chi connectivity index (χ3v) is 4.78. The van der Waals surface area contributed by atoms with Crippen molar-refractivity contribution in [2.24, 2.45) is 0 Å². The normalized spacial score (nSPS) is 10.3. The van der Waals surface area contributed by atoms with Gasteiger partial charge >= 0.3 is 0 Å². The number of rotatable bonds is 10. The van der Waals surface area contributed by atoms with Gasteiger partial charge in [-0.2, -0.15) is 0 Å². The molecule has 0 atom stereocenters. The van der Waals surface area contributed by atoms with Gasteiger partial charge in [-0.1, -0.05) is 37.0 Å². The van der Waals surface area contributed by atoms with Crippen LogP contribution >= 0.6 is 35.6 Å². The number of amides is 2. The Morgan fingerprint density at radius 2 is 1.63 bits per heavy atom. The van der Waals surface area contributed by atoms with E-state index in [0.717, 1.165) is 19.6 Å². The van der Waals surface area contributed by atoms with Gasteiger partial charge in [0, 0.05) is 23.1 Å². The van der Waals surface area contributed by atoms with E-state index in [1.54, 1.807) is 36.4 Å². The van der Waals surface area contributed by atoms with Gasteiger partial charge in [0.05, 0.1) is 11.3 Å². The number of nitrogens with one attached hydrogen (secondary N) is 2. The third kappa shape index (κ3) is 8.40. The zero-order chi connectivity index (χ0) is 21.2. The van der Waals surface area contributed by atoms with Crippen LogP contribution in [0.3, 0.4) is 0 Å². The second-order valence-electron chi connectivity index (χ2n) is 6.26. The van der Waals surface area contributed by atoms with Gasteiger partial charge in [0.1, 0.15) is 5.75 Å². The van der Waals surface area contributed by atoms with Crippen molar-refractivity contribution in [3.63, 3.8) is 0 Å². The van der Waals surface area contributed by atoms with Crippen molar-refractivity contribution in [2.75, 3.05) is 38.1 Å². The monoisotopic (exact) mass is 473 g/mol. The molecule has 0 radical (unpaired) electrons. The van der Waals surface area contributed by atoms with Gasteiger partial charge in [-0.25, -0.2) is 0 Å². The molecule has 0 bridgehead atoms. The maximum atomic E-state index is 12.6. The molecular formula is C21H26Cl3N3O3. The fraction of sp³-hybridized carbons (Fsp3) is 0.333. The maximum Gasteiger partial charge on any atom is 0.262 e. The Kier molecular flexibility index (Phi) is 11.6. The maximum absolute atomic E-state index is 12.6. The first kappa shape index (κ1) is 26.0. The molecule has 30 heavy (non-hydrogen) atoms. The molecule has 164 valence electrons. The van der Waals surface area contributed by atoms with Crippen LogP contribution in [-0.2, 0) is 4.79 Å². The lowest BCUT2D eigenvalue weighted by Crippen LogP contribution is -2.35. The molecule has 0 saturated carbocycles. The first-order valence-electron chi connectivity index (χ1n) is 9.41. The first-order chi connectivity index (χ1) is 13.9. The van der Waals surface area contributed by atoms with Crippen LogP contribution in [-0.4, -0.2) is 49.5 Å². The van der Waals surface area contributed by atoms with E-state index in [1.807, 2.05) is 0 Å². The van der Waals surface area contributed by atoms with Crippen LogP contribution in [0.15, 0.2) is 42.5 Å². The number of hydrogen-bond donors (Lipinski definition) is 2. The molecule has 2 aromatic carbocycles. The summed E-state index contributed by atoms with van der Waals surface area (Å²) in [5.74, 6) is -0.164. The van der Waals surface area contributed by atoms with E-state index in [-0.39, 0.29) is 30.8 Å². The van der Waals surface area contributed by atoms with Crippen LogP contribution in [0.25, 0.3) is 0 Å². The van der Waals surface area contributed by atoms with Crippen molar-refractivity contribution in [3.8, 4) is 5.75 Å². The van der Waals surface area contributed by atoms with Gasteiger partial charge in [-0.05, 0) is 55.6 Å². The fourth-order valence-electron chi connectivity index (χ4n) is 2.64. The highest BCUT2D eigenvalue weighted by Crippen LogP contribution is 2.21. The van der Waals surface area contributed by atoms with Crippen molar-refractivity contribution in [2.45, 2.75) is 13.8 Å². The number of carbonyl (C=O) groups excluding carboxylic acids is 2. The molecule has 0 aliphatic carbocycles. The molecule has 2 amide bonds. The van der Waals surface area contributed by atoms with Crippen LogP contribution in [0.1, 0.15) is 24.2 Å². The number of anilines is 1. The Balaban J connectivity index is 0.00000450. The van der Waals surface area contributed by atoms with E-state index in [4.69, 9.17) is 27.9 Å². The summed E-state index contributed by atoms with van der Waals surface area (Å²) in [6.45, 7) is 7.02. The summed E-state index contributed by atoms with van der Waals surface area (Å²) in [6.07, 6.45) is 0. The van der Waals surface area contributed by atoms with E-state index in [2.05, 4.69) is 29.4 Å². The second-order valence-corrected chi connectivity index (χ2v) is 7.14. The van der Waals surface area contributed by atoms with Gasteiger partial charge in [0.25, 0.3) is 11.8 Å². The second kappa shape index (κ2) is 13.3. The van der Waals surface area contributed by atoms with E-state index >= 15 is 0 Å². The van der Waals surface area contributed by atoms with Crippen LogP contribution in [0, 0.1) is 0 Å². The van der Waals surface area contributed by atoms with Crippen molar-refractivity contribution in [1.29, 1.82) is 0 Å². The number of carbonyl (C=O) groups is 2. The average molecular weight is 475 g/mol. The molecule has 0 unspecified atom stereocenters. The third-order valence-electron chi connectivity index (χ3n) is 4.29. The van der Waals surface area contributed by atoms with E-state index in [0.29, 0.717) is 33.6 Å². The van der Waals surface area contributed by atoms with Crippen LogP contribution in [0.2, 0.25) is 10.0 Å². The molecule has 0 spiro atoms. The highest BCUT2D eigenvalue weighted by atomic mass is 35.5. The Morgan fingerprint density at radius 1 is 1.00 bits per heavy atom. The predicted octanol–water partition coefficient (Wildman–Crippen LogP) is 4.50. The van der Waals surface area contributed by atoms with Gasteiger partial charge in [-0.15, -0.1) is 12.4 Å². The Morgan fingerprint density at radius 3 is 2.27 bits per heavy atom. The minimum absolute atomic E-state index is 0. The van der Waals surface area contributed by atoms with E-state index < -0.39 is 0 Å². The largest absolute Gasteiger partial charge is 0.484 e. The minimum atomic E-state index is -0.389. The number of ether oxygens (including phenoxy) is 1. The Labute approximate surface area is 193 Å². The number of benzene rings is 2. The Bertz CT molecular complexity index is 828. The molecule has 0 fully saturated rings. The summed E-state index contributed by atoms with van der Waals surface area (Å²) in [4.78, 5) is 27.0. The molecule has 0 heterocycles. The summed E-state index contributed by atoms with van der Waals surface area (Å²) in [6, 6.07) is 11.4. The van der Waals surface area contributed by atoms with Crippen molar-refractivity contribution >= 4 is 53.1 Å². The molecule has 2 aromatic rings. The zero-order valence-corrected chi connectivity index (χ0v) is 19.2. The van der Waals surface area contributed by atoms with E-state index in [1.165, 1.54) is 6.07 Å². The number of hydrogen-bond acceptors (Lipinski definition) is 4. The van der Waals surface area contributed by atoms with Gasteiger partial charge in [-0.3, -0.25) is 9.59 Å². The van der Waals surface area contributed by atoms with Gasteiger partial charge < -0.3 is 20.3 Å². The number of halogens is 3. The molecule has 9 heteroatoms. The molecule has 0 aromatic heterocycles. The molecular weight excluding hydrogens is 449 g/mol. The lowest BCUT2D eigenvalue weighted by molar-refractivity contribution is -0.118. The smallest absolute Gasteiger partial charge is 0.262 e. The summed E-state index contributed by atoms with van der Waals surface area (Å²) in [7, 11) is 0. The molecule has 0 saturated heterocycles. The lowest BCUT2D eigenvalue weighted by atomic mass is 10.1. The highest BCUT2D eigenvalue weighted by molar-refractivity contribution is 6.31. The van der Waals surface area contributed by atoms with Gasteiger partial charge in [0.15, 0.2) is 6.61 Å². The summed E-state index contributed by atoms with van der Waals surface area (Å²) >= 11 is 11.9. The predicted molar refractivity (Wildman–Crippen MR) is 124 cm³/mol. The van der Waals surface area contributed by atoms with Crippen LogP contribution in [0.4, 0.5) is 5.69 Å². The number of nitrogens with zero attached hydrogens (tertiary/aromatic N) is 1. The fourth-order valence-corrected chi connectivity index (χ4v) is 2.94. The number of likely N-dealkylation sites (N-methyl/N-ethyl adjacent to an activating group) is 1. The summed E-state index contributed by atoms with van der Waals surface area (Å²) < 4.78 is 5.43. The molecule has 2 N–H and O–H groups in total. The Hall–Kier alpha value is -1.99. The van der Waals surface area contributed by atoms with Gasteiger partial charge in [0.2, 0.25) is 0 Å². The molecule has 0 aliphatic heterocycles. The lowest BCUT2D eigenvalue weighted by Gasteiger charge is -2.18. The average Bonchev–Trinajstić information content (AvgIpc) is 2.72. The molecule has 6 nitrogen and oxygen atoms in total. The van der Waals surface area contributed by atoms with Crippen molar-refractivity contribution in [3.05, 3.63) is 58.1 Å². The topological polar surface area (TPSA) is 70.7 Å². The zero-order valence-electron chi connectivity index (χ0n) is 16.9. The van der Waals surface area contributed by atoms with Crippen LogP contribution in [0.5, 0.6) is 5.75 Å². The quantitative estimate of drug-likeness (QED) is 0.532. The SMILES string of the molecule is CCN(CC)CCNC(=O)c1cc(Cl)ccc1NC(=O)COc1ccc(Cl)cc1.Cl. The molecule has 0 aliphatic rings. The summed E-state index contributed by atoms with van der Waals surface area (Å²) in [5, 5.41) is 6.56. The standard InChI is InChI=1S/C21H25Cl2N3O3.ClH/c1-3-26(4-2)12-11-24-21(28)18-13-16(23)7-10-19(18)25-20(27)14-29-17-8-5-15(22)6-9-17;/h5-10,13H,3-4,11-12,14H2,1-2H3,(H,24,28)(H,25,27);1H. The summed E-state index contributed by atoms with van der Waals surface area (Å²) in [5.41, 5.74) is 0.677. The first-order valence-corrected chi connectivity index (χ1v) is 10.2.